The van der Waals surface area contributed by atoms with Crippen LogP contribution in [0, 0.1) is 17.0 Å². The molecule has 0 atom stereocenters. The summed E-state index contributed by atoms with van der Waals surface area (Å²) in [4.78, 5) is 37.8. The molecule has 0 aliphatic rings. The predicted molar refractivity (Wildman–Crippen MR) is 105 cm³/mol. The van der Waals surface area contributed by atoms with Gasteiger partial charge in [0.15, 0.2) is 0 Å². The maximum atomic E-state index is 12.5. The number of aromatic amines is 1. The molecule has 7 nitrogen and oxygen atoms in total. The zero-order chi connectivity index (χ0) is 19.7. The summed E-state index contributed by atoms with van der Waals surface area (Å²) >= 11 is 6.00. The molecule has 1 heterocycles. The van der Waals surface area contributed by atoms with E-state index < -0.39 is 10.8 Å². The molecule has 0 radical (unpaired) electrons. The van der Waals surface area contributed by atoms with Crippen LogP contribution in [0.1, 0.15) is 28.4 Å². The van der Waals surface area contributed by atoms with Crippen molar-refractivity contribution in [2.75, 3.05) is 5.32 Å². The van der Waals surface area contributed by atoms with Crippen LogP contribution in [-0.4, -0.2) is 15.8 Å². The number of pyridine rings is 1. The van der Waals surface area contributed by atoms with Crippen LogP contribution in [0.5, 0.6) is 0 Å². The van der Waals surface area contributed by atoms with Gasteiger partial charge in [0.2, 0.25) is 0 Å². The summed E-state index contributed by atoms with van der Waals surface area (Å²) in [5.74, 6) is -0.577. The molecule has 3 aromatic rings. The number of fused-ring (bicyclic) bond motifs is 1. The third-order valence-corrected chi connectivity index (χ3v) is 4.74. The van der Waals surface area contributed by atoms with Gasteiger partial charge in [-0.3, -0.25) is 19.7 Å². The monoisotopic (exact) mass is 385 g/mol. The van der Waals surface area contributed by atoms with Gasteiger partial charge in [-0.05, 0) is 37.1 Å². The topological polar surface area (TPSA) is 105 Å². The summed E-state index contributed by atoms with van der Waals surface area (Å²) in [5, 5.41) is 14.6. The highest BCUT2D eigenvalue weighted by atomic mass is 35.5. The van der Waals surface area contributed by atoms with Gasteiger partial charge in [-0.1, -0.05) is 24.6 Å². The van der Waals surface area contributed by atoms with Crippen molar-refractivity contribution in [3.8, 4) is 0 Å². The molecule has 0 aliphatic heterocycles. The maximum absolute atomic E-state index is 12.5. The molecule has 0 fully saturated rings. The minimum Gasteiger partial charge on any atom is -0.322 e. The molecular weight excluding hydrogens is 370 g/mol. The van der Waals surface area contributed by atoms with Crippen molar-refractivity contribution < 1.29 is 9.72 Å². The summed E-state index contributed by atoms with van der Waals surface area (Å²) < 4.78 is 0. The molecule has 1 aromatic heterocycles. The van der Waals surface area contributed by atoms with Crippen molar-refractivity contribution in [3.05, 3.63) is 78.6 Å². The van der Waals surface area contributed by atoms with Crippen LogP contribution in [0.2, 0.25) is 5.02 Å². The van der Waals surface area contributed by atoms with E-state index in [4.69, 9.17) is 11.6 Å². The van der Waals surface area contributed by atoms with Gasteiger partial charge in [-0.25, -0.2) is 0 Å². The first-order valence-electron chi connectivity index (χ1n) is 8.22. The van der Waals surface area contributed by atoms with Gasteiger partial charge in [0.25, 0.3) is 17.2 Å². The molecule has 2 N–H and O–H groups in total. The van der Waals surface area contributed by atoms with Crippen LogP contribution in [0.25, 0.3) is 10.9 Å². The number of hydrogen-bond donors (Lipinski definition) is 2. The van der Waals surface area contributed by atoms with Crippen molar-refractivity contribution >= 4 is 39.8 Å². The van der Waals surface area contributed by atoms with Crippen molar-refractivity contribution in [3.63, 3.8) is 0 Å². The Bertz CT molecular complexity index is 1140. The fraction of sp³-hybridized carbons (Fsp3) is 0.158. The van der Waals surface area contributed by atoms with Crippen LogP contribution in [0.15, 0.2) is 41.2 Å². The normalized spacial score (nSPS) is 10.8. The minimum atomic E-state index is -0.595. The first-order chi connectivity index (χ1) is 12.8. The summed E-state index contributed by atoms with van der Waals surface area (Å²) in [5.41, 5.74) is 2.27. The Morgan fingerprint density at radius 3 is 2.67 bits per heavy atom. The van der Waals surface area contributed by atoms with Crippen molar-refractivity contribution in [1.82, 2.24) is 4.98 Å². The molecule has 0 spiro atoms. The summed E-state index contributed by atoms with van der Waals surface area (Å²) in [7, 11) is 0. The standard InChI is InChI=1S/C19H16ClN3O4/c1-3-13-10(2)14-6-4-11(8-17(14)22-18(13)24)21-19(25)15-9-12(23(26)27)5-7-16(15)20/h4-9H,3H2,1-2H3,(H,21,25)(H,22,24). The minimum absolute atomic E-state index is 0.00281. The number of nitro groups is 1. The summed E-state index contributed by atoms with van der Waals surface area (Å²) in [6.45, 7) is 3.80. The number of halogens is 1. The van der Waals surface area contributed by atoms with E-state index in [1.807, 2.05) is 19.9 Å². The van der Waals surface area contributed by atoms with Crippen LogP contribution >= 0.6 is 11.6 Å². The molecule has 3 rings (SSSR count). The molecule has 27 heavy (non-hydrogen) atoms. The Morgan fingerprint density at radius 2 is 2.00 bits per heavy atom. The number of nitrogens with one attached hydrogen (secondary N) is 2. The number of nitro benzene ring substituents is 1. The highest BCUT2D eigenvalue weighted by Crippen LogP contribution is 2.25. The Morgan fingerprint density at radius 1 is 1.26 bits per heavy atom. The highest BCUT2D eigenvalue weighted by molar-refractivity contribution is 6.34. The zero-order valence-electron chi connectivity index (χ0n) is 14.6. The van der Waals surface area contributed by atoms with E-state index in [1.165, 1.54) is 12.1 Å². The lowest BCUT2D eigenvalue weighted by Crippen LogP contribution is -2.15. The SMILES string of the molecule is CCc1c(C)c2ccc(NC(=O)c3cc([N+](=O)[O-])ccc3Cl)cc2[nH]c1=O. The van der Waals surface area contributed by atoms with Gasteiger partial charge in [-0.15, -0.1) is 0 Å². The number of rotatable bonds is 4. The fourth-order valence-corrected chi connectivity index (χ4v) is 3.21. The van der Waals surface area contributed by atoms with Crippen LogP contribution in [-0.2, 0) is 6.42 Å². The van der Waals surface area contributed by atoms with Crippen LogP contribution < -0.4 is 10.9 Å². The number of aryl methyl sites for hydroxylation is 1. The lowest BCUT2D eigenvalue weighted by Gasteiger charge is -2.10. The molecule has 0 aliphatic carbocycles. The smallest absolute Gasteiger partial charge is 0.270 e. The summed E-state index contributed by atoms with van der Waals surface area (Å²) in [6.07, 6.45) is 0.626. The number of amides is 1. The van der Waals surface area contributed by atoms with E-state index in [9.17, 15) is 19.7 Å². The Kier molecular flexibility index (Phi) is 4.96. The van der Waals surface area contributed by atoms with E-state index in [0.29, 0.717) is 17.6 Å². The lowest BCUT2D eigenvalue weighted by atomic mass is 10.0. The molecule has 0 unspecified atom stereocenters. The first kappa shape index (κ1) is 18.6. The van der Waals surface area contributed by atoms with E-state index in [-0.39, 0.29) is 21.8 Å². The fourth-order valence-electron chi connectivity index (χ4n) is 3.01. The quantitative estimate of drug-likeness (QED) is 0.518. The first-order valence-corrected chi connectivity index (χ1v) is 8.60. The summed E-state index contributed by atoms with van der Waals surface area (Å²) in [6, 6.07) is 8.82. The molecule has 0 bridgehead atoms. The van der Waals surface area contributed by atoms with Gasteiger partial charge in [0.1, 0.15) is 0 Å². The second-order valence-electron chi connectivity index (χ2n) is 6.05. The Hall–Kier alpha value is -3.19. The number of nitrogens with zero attached hydrogens (tertiary/aromatic N) is 1. The predicted octanol–water partition coefficient (Wildman–Crippen LogP) is 4.21. The van der Waals surface area contributed by atoms with E-state index in [0.717, 1.165) is 22.6 Å². The number of aromatic nitrogens is 1. The van der Waals surface area contributed by atoms with Gasteiger partial charge in [-0.2, -0.15) is 0 Å². The number of carbonyl (C=O) groups excluding carboxylic acids is 1. The third-order valence-electron chi connectivity index (χ3n) is 4.42. The molecule has 0 saturated heterocycles. The van der Waals surface area contributed by atoms with Crippen molar-refractivity contribution in [1.29, 1.82) is 0 Å². The number of non-ortho nitro benzene ring substituents is 1. The molecular formula is C19H16ClN3O4. The second-order valence-corrected chi connectivity index (χ2v) is 6.45. The molecule has 1 amide bonds. The van der Waals surface area contributed by atoms with Gasteiger partial charge < -0.3 is 10.3 Å². The average molecular weight is 386 g/mol. The highest BCUT2D eigenvalue weighted by Gasteiger charge is 2.16. The third kappa shape index (κ3) is 3.54. The lowest BCUT2D eigenvalue weighted by molar-refractivity contribution is -0.384. The van der Waals surface area contributed by atoms with Crippen molar-refractivity contribution in [2.24, 2.45) is 0 Å². The Labute approximate surface area is 159 Å². The Balaban J connectivity index is 1.98. The number of carbonyl (C=O) groups is 1. The van der Waals surface area contributed by atoms with E-state index in [1.54, 1.807) is 12.1 Å². The number of hydrogen-bond acceptors (Lipinski definition) is 4. The largest absolute Gasteiger partial charge is 0.322 e. The average Bonchev–Trinajstić information content (AvgIpc) is 2.61. The number of anilines is 1. The maximum Gasteiger partial charge on any atom is 0.270 e. The molecule has 2 aromatic carbocycles. The van der Waals surface area contributed by atoms with Crippen LogP contribution in [0.4, 0.5) is 11.4 Å². The van der Waals surface area contributed by atoms with E-state index in [2.05, 4.69) is 10.3 Å². The molecule has 8 heteroatoms. The number of H-pyrrole nitrogens is 1. The van der Waals surface area contributed by atoms with E-state index >= 15 is 0 Å². The zero-order valence-corrected chi connectivity index (χ0v) is 15.4. The molecule has 138 valence electrons. The van der Waals surface area contributed by atoms with Gasteiger partial charge in [0.05, 0.1) is 21.0 Å². The van der Waals surface area contributed by atoms with Crippen molar-refractivity contribution in [2.45, 2.75) is 20.3 Å². The van der Waals surface area contributed by atoms with Crippen LogP contribution in [0.3, 0.4) is 0 Å². The van der Waals surface area contributed by atoms with Gasteiger partial charge >= 0.3 is 0 Å². The molecule has 0 saturated carbocycles. The second kappa shape index (κ2) is 7.20. The van der Waals surface area contributed by atoms with Gasteiger partial charge in [0, 0.05) is 28.8 Å². The number of benzene rings is 2.